The highest BCUT2D eigenvalue weighted by Gasteiger charge is 2.06. The minimum atomic E-state index is -0.0973. The minimum Gasteiger partial charge on any atom is -0.469 e. The van der Waals surface area contributed by atoms with Crippen molar-refractivity contribution < 1.29 is 14.3 Å². The topological polar surface area (TPSA) is 35.5 Å². The van der Waals surface area contributed by atoms with E-state index < -0.39 is 0 Å². The van der Waals surface area contributed by atoms with Gasteiger partial charge in [0.05, 0.1) is 7.11 Å². The first-order chi connectivity index (χ1) is 7.24. The lowest BCUT2D eigenvalue weighted by molar-refractivity contribution is -0.140. The Hall–Kier alpha value is -0.570. The van der Waals surface area contributed by atoms with Gasteiger partial charge in [-0.15, -0.1) is 0 Å². The van der Waals surface area contributed by atoms with Gasteiger partial charge in [0, 0.05) is 20.1 Å². The van der Waals surface area contributed by atoms with E-state index >= 15 is 0 Å². The van der Waals surface area contributed by atoms with Crippen molar-refractivity contribution in [2.24, 2.45) is 5.92 Å². The number of hydrogen-bond acceptors (Lipinski definition) is 3. The molecule has 0 spiro atoms. The highest BCUT2D eigenvalue weighted by Crippen LogP contribution is 2.17. The second-order valence-electron chi connectivity index (χ2n) is 3.88. The predicted molar refractivity (Wildman–Crippen MR) is 60.8 cm³/mol. The second-order valence-corrected chi connectivity index (χ2v) is 3.88. The number of ether oxygens (including phenoxy) is 2. The summed E-state index contributed by atoms with van der Waals surface area (Å²) in [7, 11) is 3.18. The molecule has 0 N–H and O–H groups in total. The normalized spacial score (nSPS) is 12.5. The molecule has 0 aromatic rings. The van der Waals surface area contributed by atoms with Crippen molar-refractivity contribution in [2.75, 3.05) is 20.8 Å². The molecule has 1 atom stereocenters. The first-order valence-corrected chi connectivity index (χ1v) is 5.80. The quantitative estimate of drug-likeness (QED) is 0.439. The number of carbonyl (C=O) groups excluding carboxylic acids is 1. The summed E-state index contributed by atoms with van der Waals surface area (Å²) in [6, 6.07) is 0. The molecule has 90 valence electrons. The van der Waals surface area contributed by atoms with Gasteiger partial charge >= 0.3 is 5.97 Å². The van der Waals surface area contributed by atoms with E-state index in [2.05, 4.69) is 11.7 Å². The van der Waals surface area contributed by atoms with Crippen LogP contribution in [0.1, 0.15) is 45.4 Å². The third-order valence-corrected chi connectivity index (χ3v) is 2.78. The van der Waals surface area contributed by atoms with Crippen LogP contribution < -0.4 is 0 Å². The van der Waals surface area contributed by atoms with Crippen molar-refractivity contribution >= 4 is 5.97 Å². The van der Waals surface area contributed by atoms with Gasteiger partial charge in [-0.1, -0.05) is 26.2 Å². The molecule has 0 saturated heterocycles. The van der Waals surface area contributed by atoms with Gasteiger partial charge < -0.3 is 9.47 Å². The molecule has 0 amide bonds. The highest BCUT2D eigenvalue weighted by atomic mass is 16.5. The smallest absolute Gasteiger partial charge is 0.305 e. The summed E-state index contributed by atoms with van der Waals surface area (Å²) in [6.07, 6.45) is 6.12. The lowest BCUT2D eigenvalue weighted by Crippen LogP contribution is -2.04. The molecule has 0 heterocycles. The fourth-order valence-corrected chi connectivity index (χ4v) is 1.64. The van der Waals surface area contributed by atoms with E-state index in [1.807, 2.05) is 0 Å². The molecule has 0 saturated carbocycles. The van der Waals surface area contributed by atoms with Gasteiger partial charge in [0.25, 0.3) is 0 Å². The van der Waals surface area contributed by atoms with Gasteiger partial charge in [0.2, 0.25) is 0 Å². The zero-order valence-corrected chi connectivity index (χ0v) is 10.3. The molecule has 0 aromatic heterocycles. The number of methoxy groups -OCH3 is 2. The monoisotopic (exact) mass is 216 g/mol. The molecule has 0 aliphatic heterocycles. The molecular weight excluding hydrogens is 192 g/mol. The van der Waals surface area contributed by atoms with Crippen molar-refractivity contribution in [1.29, 1.82) is 0 Å². The molecule has 0 aliphatic rings. The van der Waals surface area contributed by atoms with E-state index in [9.17, 15) is 4.79 Å². The van der Waals surface area contributed by atoms with Crippen LogP contribution in [0.4, 0.5) is 0 Å². The first-order valence-electron chi connectivity index (χ1n) is 5.80. The van der Waals surface area contributed by atoms with E-state index in [-0.39, 0.29) is 5.97 Å². The third-order valence-electron chi connectivity index (χ3n) is 2.78. The van der Waals surface area contributed by atoms with Crippen molar-refractivity contribution in [3.8, 4) is 0 Å². The van der Waals surface area contributed by atoms with Crippen LogP contribution in [0.15, 0.2) is 0 Å². The third kappa shape index (κ3) is 8.43. The van der Waals surface area contributed by atoms with Gasteiger partial charge in [-0.2, -0.15) is 0 Å². The van der Waals surface area contributed by atoms with Crippen LogP contribution in [0.2, 0.25) is 0 Å². The molecule has 0 aromatic carbocycles. The number of hydrogen-bond donors (Lipinski definition) is 0. The standard InChI is InChI=1S/C12H24O3/c1-4-11(9-10-14-2)7-5-6-8-12(13)15-3/h11H,4-10H2,1-3H3/t11-/m0/s1. The Morgan fingerprint density at radius 3 is 2.47 bits per heavy atom. The van der Waals surface area contributed by atoms with Crippen LogP contribution in [-0.2, 0) is 14.3 Å². The van der Waals surface area contributed by atoms with E-state index in [4.69, 9.17) is 4.74 Å². The van der Waals surface area contributed by atoms with Gasteiger partial charge in [0.1, 0.15) is 0 Å². The summed E-state index contributed by atoms with van der Waals surface area (Å²) in [5.41, 5.74) is 0. The Morgan fingerprint density at radius 1 is 1.20 bits per heavy atom. The van der Waals surface area contributed by atoms with E-state index in [1.54, 1.807) is 7.11 Å². The van der Waals surface area contributed by atoms with Crippen molar-refractivity contribution in [3.05, 3.63) is 0 Å². The average Bonchev–Trinajstić information content (AvgIpc) is 2.27. The zero-order valence-electron chi connectivity index (χ0n) is 10.3. The Kier molecular flexibility index (Phi) is 9.59. The zero-order chi connectivity index (χ0) is 11.5. The van der Waals surface area contributed by atoms with Crippen molar-refractivity contribution in [2.45, 2.75) is 45.4 Å². The molecule has 3 heteroatoms. The number of unbranched alkanes of at least 4 members (excludes halogenated alkanes) is 1. The van der Waals surface area contributed by atoms with Crippen LogP contribution in [0, 0.1) is 5.92 Å². The predicted octanol–water partition coefficient (Wildman–Crippen LogP) is 2.78. The SMILES string of the molecule is CC[C@@H](CCCCC(=O)OC)CCOC. The molecule has 0 bridgehead atoms. The summed E-state index contributed by atoms with van der Waals surface area (Å²) >= 11 is 0. The van der Waals surface area contributed by atoms with Crippen LogP contribution in [-0.4, -0.2) is 26.8 Å². The summed E-state index contributed by atoms with van der Waals surface area (Å²) < 4.78 is 9.65. The Labute approximate surface area is 93.1 Å². The first kappa shape index (κ1) is 14.4. The fraction of sp³-hybridized carbons (Fsp3) is 0.917. The van der Waals surface area contributed by atoms with Gasteiger partial charge in [0.15, 0.2) is 0 Å². The van der Waals surface area contributed by atoms with Gasteiger partial charge in [-0.05, 0) is 18.8 Å². The fourth-order valence-electron chi connectivity index (χ4n) is 1.64. The molecule has 0 fully saturated rings. The Bertz CT molecular complexity index is 157. The number of rotatable bonds is 9. The Balaban J connectivity index is 3.41. The molecule has 15 heavy (non-hydrogen) atoms. The number of carbonyl (C=O) groups is 1. The lowest BCUT2D eigenvalue weighted by Gasteiger charge is -2.13. The van der Waals surface area contributed by atoms with Gasteiger partial charge in [-0.25, -0.2) is 0 Å². The largest absolute Gasteiger partial charge is 0.469 e. The average molecular weight is 216 g/mol. The van der Waals surface area contributed by atoms with E-state index in [0.29, 0.717) is 6.42 Å². The number of esters is 1. The van der Waals surface area contributed by atoms with Crippen LogP contribution >= 0.6 is 0 Å². The Morgan fingerprint density at radius 2 is 1.93 bits per heavy atom. The summed E-state index contributed by atoms with van der Waals surface area (Å²) in [4.78, 5) is 10.9. The maximum atomic E-state index is 10.9. The summed E-state index contributed by atoms with van der Waals surface area (Å²) in [6.45, 7) is 3.05. The highest BCUT2D eigenvalue weighted by molar-refractivity contribution is 5.68. The van der Waals surface area contributed by atoms with Crippen molar-refractivity contribution in [1.82, 2.24) is 0 Å². The lowest BCUT2D eigenvalue weighted by atomic mass is 9.96. The van der Waals surface area contributed by atoms with E-state index in [1.165, 1.54) is 20.0 Å². The minimum absolute atomic E-state index is 0.0973. The molecule has 0 unspecified atom stereocenters. The van der Waals surface area contributed by atoms with Crippen LogP contribution in [0.3, 0.4) is 0 Å². The molecule has 0 rings (SSSR count). The maximum Gasteiger partial charge on any atom is 0.305 e. The molecule has 0 radical (unpaired) electrons. The maximum absolute atomic E-state index is 10.9. The van der Waals surface area contributed by atoms with Crippen LogP contribution in [0.25, 0.3) is 0 Å². The summed E-state index contributed by atoms with van der Waals surface area (Å²) in [5, 5.41) is 0. The molecular formula is C12H24O3. The second kappa shape index (κ2) is 9.97. The summed E-state index contributed by atoms with van der Waals surface area (Å²) in [5.74, 6) is 0.641. The van der Waals surface area contributed by atoms with Crippen LogP contribution in [0.5, 0.6) is 0 Å². The van der Waals surface area contributed by atoms with Gasteiger partial charge in [-0.3, -0.25) is 4.79 Å². The molecule has 0 aliphatic carbocycles. The van der Waals surface area contributed by atoms with Crippen molar-refractivity contribution in [3.63, 3.8) is 0 Å². The van der Waals surface area contributed by atoms with E-state index in [0.717, 1.165) is 31.8 Å². The molecule has 3 nitrogen and oxygen atoms in total.